The molecule has 0 bridgehead atoms. The van der Waals surface area contributed by atoms with Gasteiger partial charge in [-0.3, -0.25) is 4.99 Å². The zero-order valence-corrected chi connectivity index (χ0v) is 13.4. The van der Waals surface area contributed by atoms with Crippen LogP contribution in [0.15, 0.2) is 88.4 Å². The van der Waals surface area contributed by atoms with Crippen LogP contribution in [0.4, 0.5) is 0 Å². The standard InChI is InChI=1S/C19H24N2/c1-7-10-12-19-17(9-3)15(5)18(16(6)21-19)13-20-14(4)11-8-2/h7-13,21H,4,6H2,1-3,5H3/b10-7-,11-8-,17-9-,19-12+,20-13?. The molecule has 0 aromatic rings. The van der Waals surface area contributed by atoms with E-state index in [1.165, 1.54) is 5.57 Å². The molecule has 1 rings (SSSR count). The lowest BCUT2D eigenvalue weighted by Crippen LogP contribution is -2.22. The van der Waals surface area contributed by atoms with Crippen molar-refractivity contribution in [1.29, 1.82) is 0 Å². The highest BCUT2D eigenvalue weighted by molar-refractivity contribution is 5.89. The molecular weight excluding hydrogens is 256 g/mol. The first-order valence-electron chi connectivity index (χ1n) is 7.08. The number of nitrogens with one attached hydrogen (secondary N) is 1. The van der Waals surface area contributed by atoms with Crippen LogP contribution < -0.4 is 5.32 Å². The summed E-state index contributed by atoms with van der Waals surface area (Å²) in [6.07, 6.45) is 13.8. The predicted octanol–water partition coefficient (Wildman–Crippen LogP) is 4.99. The topological polar surface area (TPSA) is 24.4 Å². The summed E-state index contributed by atoms with van der Waals surface area (Å²) in [5.74, 6) is 0. The Kier molecular flexibility index (Phi) is 6.41. The van der Waals surface area contributed by atoms with Gasteiger partial charge in [-0.2, -0.15) is 0 Å². The van der Waals surface area contributed by atoms with Gasteiger partial charge in [-0.1, -0.05) is 37.5 Å². The molecule has 0 radical (unpaired) electrons. The van der Waals surface area contributed by atoms with Gasteiger partial charge in [0, 0.05) is 23.2 Å². The molecule has 0 aromatic heterocycles. The minimum atomic E-state index is 0.725. The van der Waals surface area contributed by atoms with Gasteiger partial charge in [0.05, 0.1) is 5.70 Å². The monoisotopic (exact) mass is 280 g/mol. The first kappa shape index (κ1) is 16.7. The smallest absolute Gasteiger partial charge is 0.0554 e. The quantitative estimate of drug-likeness (QED) is 0.569. The van der Waals surface area contributed by atoms with Gasteiger partial charge in [0.15, 0.2) is 0 Å². The van der Waals surface area contributed by atoms with E-state index in [0.29, 0.717) is 0 Å². The van der Waals surface area contributed by atoms with E-state index in [1.54, 1.807) is 0 Å². The van der Waals surface area contributed by atoms with E-state index in [-0.39, 0.29) is 0 Å². The van der Waals surface area contributed by atoms with Crippen LogP contribution in [0.3, 0.4) is 0 Å². The Morgan fingerprint density at radius 1 is 1.19 bits per heavy atom. The van der Waals surface area contributed by atoms with Crippen molar-refractivity contribution < 1.29 is 0 Å². The summed E-state index contributed by atoms with van der Waals surface area (Å²) in [5, 5.41) is 3.34. The highest BCUT2D eigenvalue weighted by Gasteiger charge is 2.18. The molecule has 21 heavy (non-hydrogen) atoms. The third-order valence-electron chi connectivity index (χ3n) is 3.17. The van der Waals surface area contributed by atoms with Gasteiger partial charge >= 0.3 is 0 Å². The van der Waals surface area contributed by atoms with Crippen LogP contribution in [0.1, 0.15) is 27.7 Å². The van der Waals surface area contributed by atoms with E-state index in [1.807, 2.05) is 51.3 Å². The van der Waals surface area contributed by atoms with Crippen molar-refractivity contribution >= 4 is 6.21 Å². The summed E-state index contributed by atoms with van der Waals surface area (Å²) in [7, 11) is 0. The van der Waals surface area contributed by atoms with E-state index in [0.717, 1.165) is 28.2 Å². The highest BCUT2D eigenvalue weighted by atomic mass is 14.9. The van der Waals surface area contributed by atoms with Crippen LogP contribution >= 0.6 is 0 Å². The maximum atomic E-state index is 4.37. The predicted molar refractivity (Wildman–Crippen MR) is 94.1 cm³/mol. The Bertz CT molecular complexity index is 605. The summed E-state index contributed by atoms with van der Waals surface area (Å²) in [6.45, 7) is 16.0. The van der Waals surface area contributed by atoms with Crippen LogP contribution in [0.5, 0.6) is 0 Å². The zero-order valence-electron chi connectivity index (χ0n) is 13.4. The second-order valence-corrected chi connectivity index (χ2v) is 4.70. The Balaban J connectivity index is 3.21. The molecule has 110 valence electrons. The number of hydrogen-bond donors (Lipinski definition) is 1. The Hall–Kier alpha value is -2.35. The summed E-state index contributed by atoms with van der Waals surface area (Å²) in [5.41, 5.74) is 5.97. The van der Waals surface area contributed by atoms with E-state index in [2.05, 4.69) is 42.5 Å². The highest BCUT2D eigenvalue weighted by Crippen LogP contribution is 2.29. The molecule has 0 saturated carbocycles. The van der Waals surface area contributed by atoms with E-state index in [9.17, 15) is 0 Å². The van der Waals surface area contributed by atoms with Crippen LogP contribution in [-0.2, 0) is 0 Å². The van der Waals surface area contributed by atoms with Crippen LogP contribution in [0.2, 0.25) is 0 Å². The molecule has 1 N–H and O–H groups in total. The minimum absolute atomic E-state index is 0.725. The maximum absolute atomic E-state index is 4.37. The van der Waals surface area contributed by atoms with Crippen molar-refractivity contribution in [3.63, 3.8) is 0 Å². The molecule has 1 aliphatic heterocycles. The third-order valence-corrected chi connectivity index (χ3v) is 3.17. The van der Waals surface area contributed by atoms with Crippen molar-refractivity contribution in [2.45, 2.75) is 27.7 Å². The third kappa shape index (κ3) is 4.32. The van der Waals surface area contributed by atoms with Crippen LogP contribution in [0.25, 0.3) is 0 Å². The fraction of sp³-hybridized carbons (Fsp3) is 0.211. The number of nitrogens with zero attached hydrogens (tertiary/aromatic N) is 1. The fourth-order valence-electron chi connectivity index (χ4n) is 2.12. The van der Waals surface area contributed by atoms with Crippen LogP contribution in [0, 0.1) is 0 Å². The molecule has 2 heteroatoms. The summed E-state index contributed by atoms with van der Waals surface area (Å²) in [6, 6.07) is 0. The van der Waals surface area contributed by atoms with E-state index in [4.69, 9.17) is 0 Å². The summed E-state index contributed by atoms with van der Waals surface area (Å²) >= 11 is 0. The van der Waals surface area contributed by atoms with Crippen molar-refractivity contribution in [2.75, 3.05) is 0 Å². The molecule has 0 spiro atoms. The lowest BCUT2D eigenvalue weighted by Gasteiger charge is -2.25. The van der Waals surface area contributed by atoms with Gasteiger partial charge in [0.1, 0.15) is 0 Å². The van der Waals surface area contributed by atoms with Gasteiger partial charge in [-0.05, 0) is 51.0 Å². The lowest BCUT2D eigenvalue weighted by molar-refractivity contribution is 0.968. The Labute approximate surface area is 128 Å². The average molecular weight is 280 g/mol. The van der Waals surface area contributed by atoms with E-state index >= 15 is 0 Å². The molecule has 0 saturated heterocycles. The van der Waals surface area contributed by atoms with Crippen molar-refractivity contribution in [1.82, 2.24) is 5.32 Å². The van der Waals surface area contributed by atoms with Gasteiger partial charge in [-0.25, -0.2) is 0 Å². The summed E-state index contributed by atoms with van der Waals surface area (Å²) in [4.78, 5) is 4.37. The van der Waals surface area contributed by atoms with Crippen molar-refractivity contribution in [3.8, 4) is 0 Å². The first-order chi connectivity index (χ1) is 10.0. The fourth-order valence-corrected chi connectivity index (χ4v) is 2.12. The number of allylic oxidation sites excluding steroid dienone is 8. The molecule has 0 unspecified atom stereocenters. The first-order valence-corrected chi connectivity index (χ1v) is 7.08. The summed E-state index contributed by atoms with van der Waals surface area (Å²) < 4.78 is 0. The second-order valence-electron chi connectivity index (χ2n) is 4.70. The number of aliphatic imine (C=N–C) groups is 1. The molecule has 0 fully saturated rings. The Morgan fingerprint density at radius 2 is 1.90 bits per heavy atom. The largest absolute Gasteiger partial charge is 0.355 e. The number of rotatable bonds is 4. The Morgan fingerprint density at radius 3 is 2.48 bits per heavy atom. The molecule has 1 aliphatic rings. The molecule has 1 heterocycles. The SMILES string of the molecule is C=C(/C=C\C)N=CC1=C(C)C(=C/C)/C(=C\C=C/C)NC1=C. The van der Waals surface area contributed by atoms with Crippen molar-refractivity contribution in [2.24, 2.45) is 4.99 Å². The van der Waals surface area contributed by atoms with Gasteiger partial charge < -0.3 is 5.32 Å². The molecular formula is C19H24N2. The van der Waals surface area contributed by atoms with E-state index < -0.39 is 0 Å². The van der Waals surface area contributed by atoms with Gasteiger partial charge in [-0.15, -0.1) is 0 Å². The zero-order chi connectivity index (χ0) is 15.8. The average Bonchev–Trinajstić information content (AvgIpc) is 2.45. The maximum Gasteiger partial charge on any atom is 0.0554 e. The number of hydrogen-bond acceptors (Lipinski definition) is 2. The van der Waals surface area contributed by atoms with Gasteiger partial charge in [0.2, 0.25) is 0 Å². The second kappa shape index (κ2) is 8.05. The normalized spacial score (nSPS) is 20.5. The molecule has 0 atom stereocenters. The van der Waals surface area contributed by atoms with Gasteiger partial charge in [0.25, 0.3) is 0 Å². The lowest BCUT2D eigenvalue weighted by atomic mass is 9.93. The molecule has 0 amide bonds. The molecule has 2 nitrogen and oxygen atoms in total. The van der Waals surface area contributed by atoms with Crippen LogP contribution in [-0.4, -0.2) is 6.21 Å². The minimum Gasteiger partial charge on any atom is -0.355 e. The molecule has 0 aromatic carbocycles. The molecule has 0 aliphatic carbocycles. The van der Waals surface area contributed by atoms with Crippen molar-refractivity contribution in [3.05, 3.63) is 83.4 Å².